The standard InChI is InChI=1S/C10H12N2O7/c13-6-8(14)3-4-19-10-2-1-7(11(15)16)5-9(10)12(17)18/h1-2,5,8,13-14H,3-4,6H2. The number of hydrogen-bond donors (Lipinski definition) is 2. The van der Waals surface area contributed by atoms with Crippen LogP contribution in [0.4, 0.5) is 11.4 Å². The van der Waals surface area contributed by atoms with Crippen LogP contribution >= 0.6 is 0 Å². The maximum Gasteiger partial charge on any atom is 0.317 e. The van der Waals surface area contributed by atoms with E-state index in [0.717, 1.165) is 18.2 Å². The van der Waals surface area contributed by atoms with Gasteiger partial charge in [-0.3, -0.25) is 20.2 Å². The zero-order valence-electron chi connectivity index (χ0n) is 9.76. The molecule has 0 fully saturated rings. The molecule has 0 aromatic heterocycles. The van der Waals surface area contributed by atoms with Crippen LogP contribution in [0.25, 0.3) is 0 Å². The van der Waals surface area contributed by atoms with Crippen LogP contribution in [-0.2, 0) is 0 Å². The lowest BCUT2D eigenvalue weighted by molar-refractivity contribution is -0.394. The molecular weight excluding hydrogens is 260 g/mol. The monoisotopic (exact) mass is 272 g/mol. The number of nitro benzene ring substituents is 2. The second-order valence-corrected chi connectivity index (χ2v) is 3.64. The number of non-ortho nitro benzene ring substituents is 1. The van der Waals surface area contributed by atoms with Gasteiger partial charge < -0.3 is 14.9 Å². The van der Waals surface area contributed by atoms with Crippen LogP contribution in [-0.4, -0.2) is 39.4 Å². The van der Waals surface area contributed by atoms with E-state index < -0.39 is 33.9 Å². The molecule has 2 N–H and O–H groups in total. The number of rotatable bonds is 7. The van der Waals surface area contributed by atoms with Crippen molar-refractivity contribution >= 4 is 11.4 Å². The molecule has 0 amide bonds. The molecule has 1 aromatic rings. The molecule has 1 atom stereocenters. The number of nitro groups is 2. The van der Waals surface area contributed by atoms with Crippen LogP contribution in [0, 0.1) is 20.2 Å². The fraction of sp³-hybridized carbons (Fsp3) is 0.400. The normalized spacial score (nSPS) is 11.9. The fourth-order valence-corrected chi connectivity index (χ4v) is 1.28. The minimum atomic E-state index is -0.975. The first-order chi connectivity index (χ1) is 8.95. The van der Waals surface area contributed by atoms with E-state index in [4.69, 9.17) is 14.9 Å². The molecule has 0 aliphatic carbocycles. The van der Waals surface area contributed by atoms with Crippen LogP contribution < -0.4 is 4.74 Å². The van der Waals surface area contributed by atoms with E-state index in [9.17, 15) is 20.2 Å². The molecule has 0 spiro atoms. The molecule has 1 rings (SSSR count). The number of benzene rings is 1. The molecule has 0 aliphatic rings. The van der Waals surface area contributed by atoms with Crippen molar-refractivity contribution in [3.63, 3.8) is 0 Å². The summed E-state index contributed by atoms with van der Waals surface area (Å²) in [6, 6.07) is 3.02. The van der Waals surface area contributed by atoms with Crippen molar-refractivity contribution in [1.29, 1.82) is 0 Å². The summed E-state index contributed by atoms with van der Waals surface area (Å²) in [6.07, 6.45) is -0.887. The molecule has 0 radical (unpaired) electrons. The Bertz CT molecular complexity index is 477. The predicted octanol–water partition coefficient (Wildman–Crippen LogP) is 0.625. The second-order valence-electron chi connectivity index (χ2n) is 3.64. The van der Waals surface area contributed by atoms with Gasteiger partial charge in [0.15, 0.2) is 5.75 Å². The molecule has 1 aromatic carbocycles. The van der Waals surface area contributed by atoms with Gasteiger partial charge >= 0.3 is 5.69 Å². The molecule has 0 aliphatic heterocycles. The van der Waals surface area contributed by atoms with Crippen LogP contribution in [0.5, 0.6) is 5.75 Å². The minimum Gasteiger partial charge on any atom is -0.487 e. The van der Waals surface area contributed by atoms with E-state index in [1.54, 1.807) is 0 Å². The number of ether oxygens (including phenoxy) is 1. The summed E-state index contributed by atoms with van der Waals surface area (Å²) in [5.74, 6) is -0.124. The largest absolute Gasteiger partial charge is 0.487 e. The van der Waals surface area contributed by atoms with Gasteiger partial charge in [0.05, 0.1) is 35.2 Å². The predicted molar refractivity (Wildman–Crippen MR) is 63.0 cm³/mol. The summed E-state index contributed by atoms with van der Waals surface area (Å²) in [6.45, 7) is -0.494. The zero-order valence-corrected chi connectivity index (χ0v) is 9.76. The van der Waals surface area contributed by atoms with Gasteiger partial charge in [0.1, 0.15) is 0 Å². The van der Waals surface area contributed by atoms with Gasteiger partial charge in [-0.1, -0.05) is 0 Å². The third-order valence-electron chi connectivity index (χ3n) is 2.27. The molecule has 1 unspecified atom stereocenters. The highest BCUT2D eigenvalue weighted by molar-refractivity contribution is 5.53. The fourth-order valence-electron chi connectivity index (χ4n) is 1.28. The van der Waals surface area contributed by atoms with Crippen molar-refractivity contribution in [2.75, 3.05) is 13.2 Å². The molecular formula is C10H12N2O7. The van der Waals surface area contributed by atoms with Gasteiger partial charge in [0.25, 0.3) is 5.69 Å². The number of aliphatic hydroxyl groups excluding tert-OH is 2. The average Bonchev–Trinajstić information content (AvgIpc) is 2.38. The van der Waals surface area contributed by atoms with Crippen LogP contribution in [0.1, 0.15) is 6.42 Å². The first kappa shape index (κ1) is 14.8. The summed E-state index contributed by atoms with van der Waals surface area (Å²) in [5, 5.41) is 38.9. The lowest BCUT2D eigenvalue weighted by atomic mass is 10.2. The Morgan fingerprint density at radius 3 is 2.47 bits per heavy atom. The highest BCUT2D eigenvalue weighted by atomic mass is 16.6. The number of nitrogens with zero attached hydrogens (tertiary/aromatic N) is 2. The third kappa shape index (κ3) is 4.16. The second kappa shape index (κ2) is 6.61. The lowest BCUT2D eigenvalue weighted by Gasteiger charge is -2.09. The van der Waals surface area contributed by atoms with Crippen molar-refractivity contribution in [2.45, 2.75) is 12.5 Å². The van der Waals surface area contributed by atoms with E-state index in [1.165, 1.54) is 0 Å². The lowest BCUT2D eigenvalue weighted by Crippen LogP contribution is -2.16. The van der Waals surface area contributed by atoms with Gasteiger partial charge in [0, 0.05) is 12.5 Å². The molecule has 0 bridgehead atoms. The van der Waals surface area contributed by atoms with E-state index in [1.807, 2.05) is 0 Å². The molecule has 0 saturated heterocycles. The maximum atomic E-state index is 10.8. The summed E-state index contributed by atoms with van der Waals surface area (Å²) < 4.78 is 5.07. The summed E-state index contributed by atoms with van der Waals surface area (Å²) in [5.41, 5.74) is -0.929. The zero-order chi connectivity index (χ0) is 14.4. The van der Waals surface area contributed by atoms with Crippen LogP contribution in [0.2, 0.25) is 0 Å². The molecule has 19 heavy (non-hydrogen) atoms. The van der Waals surface area contributed by atoms with Crippen molar-refractivity contribution in [3.8, 4) is 5.75 Å². The van der Waals surface area contributed by atoms with Gasteiger partial charge in [-0.05, 0) is 6.07 Å². The Hall–Kier alpha value is -2.26. The van der Waals surface area contributed by atoms with Crippen molar-refractivity contribution in [2.24, 2.45) is 0 Å². The Morgan fingerprint density at radius 2 is 1.95 bits per heavy atom. The van der Waals surface area contributed by atoms with Gasteiger partial charge in [-0.2, -0.15) is 0 Å². The Morgan fingerprint density at radius 1 is 1.26 bits per heavy atom. The van der Waals surface area contributed by atoms with E-state index in [2.05, 4.69) is 0 Å². The van der Waals surface area contributed by atoms with E-state index >= 15 is 0 Å². The molecule has 9 heteroatoms. The smallest absolute Gasteiger partial charge is 0.317 e. The Balaban J connectivity index is 2.82. The van der Waals surface area contributed by atoms with Crippen molar-refractivity contribution < 1.29 is 24.8 Å². The number of hydrogen-bond acceptors (Lipinski definition) is 7. The topological polar surface area (TPSA) is 136 Å². The SMILES string of the molecule is O=[N+]([O-])c1ccc(OCCC(O)CO)c([N+](=O)[O-])c1. The summed E-state index contributed by atoms with van der Waals surface area (Å²) in [7, 11) is 0. The third-order valence-corrected chi connectivity index (χ3v) is 2.27. The molecule has 0 heterocycles. The minimum absolute atomic E-state index is 0.0552. The van der Waals surface area contributed by atoms with Crippen LogP contribution in [0.3, 0.4) is 0 Å². The van der Waals surface area contributed by atoms with Gasteiger partial charge in [0.2, 0.25) is 0 Å². The first-order valence-corrected chi connectivity index (χ1v) is 5.30. The number of aliphatic hydroxyl groups is 2. The molecule has 0 saturated carbocycles. The highest BCUT2D eigenvalue weighted by Gasteiger charge is 2.20. The summed E-state index contributed by atoms with van der Waals surface area (Å²) in [4.78, 5) is 19.7. The Kier molecular flexibility index (Phi) is 5.15. The van der Waals surface area contributed by atoms with Crippen molar-refractivity contribution in [1.82, 2.24) is 0 Å². The molecule has 9 nitrogen and oxygen atoms in total. The van der Waals surface area contributed by atoms with E-state index in [0.29, 0.717) is 0 Å². The maximum absolute atomic E-state index is 10.8. The first-order valence-electron chi connectivity index (χ1n) is 5.30. The highest BCUT2D eigenvalue weighted by Crippen LogP contribution is 2.31. The van der Waals surface area contributed by atoms with Gasteiger partial charge in [-0.25, -0.2) is 0 Å². The quantitative estimate of drug-likeness (QED) is 0.548. The van der Waals surface area contributed by atoms with Crippen molar-refractivity contribution in [3.05, 3.63) is 38.4 Å². The summed E-state index contributed by atoms with van der Waals surface area (Å²) >= 11 is 0. The average molecular weight is 272 g/mol. The van der Waals surface area contributed by atoms with Crippen LogP contribution in [0.15, 0.2) is 18.2 Å². The van der Waals surface area contributed by atoms with Gasteiger partial charge in [-0.15, -0.1) is 0 Å². The van der Waals surface area contributed by atoms with E-state index in [-0.39, 0.29) is 18.8 Å². The molecule has 104 valence electrons. The Labute approximate surface area is 107 Å².